The lowest BCUT2D eigenvalue weighted by atomic mass is 10.1. The second-order valence-electron chi connectivity index (χ2n) is 3.64. The number of carboxylic acids is 1. The molecule has 0 aliphatic carbocycles. The highest BCUT2D eigenvalue weighted by atomic mass is 127. The number of aryl methyl sites for hydroxylation is 1. The van der Waals surface area contributed by atoms with Crippen LogP contribution in [0.15, 0.2) is 12.1 Å². The topological polar surface area (TPSA) is 69.6 Å². The Bertz CT molecular complexity index is 425. The molecular formula is C11H13ClINO3. The summed E-state index contributed by atoms with van der Waals surface area (Å²) in [4.78, 5) is 11.1. The van der Waals surface area contributed by atoms with E-state index in [0.29, 0.717) is 5.69 Å². The number of benzene rings is 1. The van der Waals surface area contributed by atoms with Gasteiger partial charge in [0.25, 0.3) is 0 Å². The molecule has 0 heterocycles. The molecule has 1 unspecified atom stereocenters. The van der Waals surface area contributed by atoms with Gasteiger partial charge in [-0.05, 0) is 47.2 Å². The first kappa shape index (κ1) is 14.5. The molecular weight excluding hydrogens is 356 g/mol. The summed E-state index contributed by atoms with van der Waals surface area (Å²) in [6.45, 7) is 2.05. The van der Waals surface area contributed by atoms with Gasteiger partial charge in [-0.2, -0.15) is 0 Å². The number of aromatic carboxylic acids is 1. The van der Waals surface area contributed by atoms with Crippen LogP contribution in [0, 0.1) is 10.5 Å². The number of carboxylic acid groups (broad SMARTS) is 1. The molecule has 6 heteroatoms. The first-order valence-electron chi connectivity index (χ1n) is 4.97. The Morgan fingerprint density at radius 2 is 2.24 bits per heavy atom. The lowest BCUT2D eigenvalue weighted by molar-refractivity contribution is 0.0697. The molecule has 3 N–H and O–H groups in total. The Balaban J connectivity index is 3.00. The fourth-order valence-corrected chi connectivity index (χ4v) is 2.31. The van der Waals surface area contributed by atoms with Crippen LogP contribution in [0.2, 0.25) is 0 Å². The number of hydrogen-bond donors (Lipinski definition) is 3. The van der Waals surface area contributed by atoms with Crippen LogP contribution >= 0.6 is 34.2 Å². The molecule has 4 nitrogen and oxygen atoms in total. The van der Waals surface area contributed by atoms with Crippen LogP contribution < -0.4 is 5.32 Å². The van der Waals surface area contributed by atoms with Crippen molar-refractivity contribution in [1.29, 1.82) is 0 Å². The van der Waals surface area contributed by atoms with E-state index in [9.17, 15) is 9.90 Å². The van der Waals surface area contributed by atoms with E-state index < -0.39 is 12.1 Å². The number of aliphatic hydroxyl groups excluding tert-OH is 1. The first-order valence-corrected chi connectivity index (χ1v) is 6.58. The Morgan fingerprint density at radius 3 is 2.76 bits per heavy atom. The molecule has 0 aromatic heterocycles. The molecule has 0 fully saturated rings. The lowest BCUT2D eigenvalue weighted by Crippen LogP contribution is -2.22. The Kier molecular flexibility index (Phi) is 5.48. The minimum Gasteiger partial charge on any atom is -0.478 e. The van der Waals surface area contributed by atoms with Gasteiger partial charge in [0.15, 0.2) is 0 Å². The van der Waals surface area contributed by atoms with E-state index in [1.807, 2.05) is 13.0 Å². The number of anilines is 1. The van der Waals surface area contributed by atoms with Crippen molar-refractivity contribution in [1.82, 2.24) is 0 Å². The minimum atomic E-state index is -0.991. The van der Waals surface area contributed by atoms with Gasteiger partial charge < -0.3 is 15.5 Å². The molecule has 0 saturated carbocycles. The van der Waals surface area contributed by atoms with Crippen LogP contribution in [-0.4, -0.2) is 34.7 Å². The second kappa shape index (κ2) is 6.42. The van der Waals surface area contributed by atoms with Gasteiger partial charge in [-0.3, -0.25) is 0 Å². The van der Waals surface area contributed by atoms with Gasteiger partial charge in [0.2, 0.25) is 0 Å². The fraction of sp³-hybridized carbons (Fsp3) is 0.364. The van der Waals surface area contributed by atoms with Crippen LogP contribution in [0.3, 0.4) is 0 Å². The third-order valence-electron chi connectivity index (χ3n) is 2.22. The third kappa shape index (κ3) is 4.01. The molecule has 17 heavy (non-hydrogen) atoms. The molecule has 1 rings (SSSR count). The van der Waals surface area contributed by atoms with Gasteiger partial charge in [-0.25, -0.2) is 4.79 Å². The van der Waals surface area contributed by atoms with E-state index in [1.165, 1.54) is 0 Å². The quantitative estimate of drug-likeness (QED) is 0.550. The van der Waals surface area contributed by atoms with Gasteiger partial charge >= 0.3 is 5.97 Å². The SMILES string of the molecule is Cc1cc(I)cc(C(=O)O)c1NCC(O)CCl. The van der Waals surface area contributed by atoms with Crippen LogP contribution in [-0.2, 0) is 0 Å². The summed E-state index contributed by atoms with van der Waals surface area (Å²) in [7, 11) is 0. The molecule has 0 aliphatic heterocycles. The van der Waals surface area contributed by atoms with Crippen molar-refractivity contribution in [3.8, 4) is 0 Å². The molecule has 94 valence electrons. The van der Waals surface area contributed by atoms with E-state index in [1.54, 1.807) is 6.07 Å². The van der Waals surface area contributed by atoms with Crippen molar-refractivity contribution in [2.45, 2.75) is 13.0 Å². The molecule has 0 spiro atoms. The van der Waals surface area contributed by atoms with Crippen molar-refractivity contribution in [3.05, 3.63) is 26.8 Å². The zero-order valence-corrected chi connectivity index (χ0v) is 12.1. The molecule has 1 atom stereocenters. The van der Waals surface area contributed by atoms with Gasteiger partial charge in [-0.15, -0.1) is 11.6 Å². The Hall–Kier alpha value is -0.530. The van der Waals surface area contributed by atoms with Crippen molar-refractivity contribution in [2.24, 2.45) is 0 Å². The number of rotatable bonds is 5. The number of halogens is 2. The second-order valence-corrected chi connectivity index (χ2v) is 5.19. The zero-order chi connectivity index (χ0) is 13.0. The molecule has 0 bridgehead atoms. The van der Waals surface area contributed by atoms with Crippen molar-refractivity contribution < 1.29 is 15.0 Å². The highest BCUT2D eigenvalue weighted by Crippen LogP contribution is 2.24. The first-order chi connectivity index (χ1) is 7.95. The number of nitrogens with one attached hydrogen (secondary N) is 1. The average molecular weight is 370 g/mol. The molecule has 0 radical (unpaired) electrons. The Morgan fingerprint density at radius 1 is 1.59 bits per heavy atom. The van der Waals surface area contributed by atoms with Gasteiger partial charge in [-0.1, -0.05) is 0 Å². The van der Waals surface area contributed by atoms with Crippen LogP contribution in [0.5, 0.6) is 0 Å². The lowest BCUT2D eigenvalue weighted by Gasteiger charge is -2.15. The highest BCUT2D eigenvalue weighted by Gasteiger charge is 2.14. The normalized spacial score (nSPS) is 12.2. The number of carbonyl (C=O) groups is 1. The van der Waals surface area contributed by atoms with Crippen molar-refractivity contribution in [3.63, 3.8) is 0 Å². The van der Waals surface area contributed by atoms with Crippen LogP contribution in [0.1, 0.15) is 15.9 Å². The van der Waals surface area contributed by atoms with E-state index in [4.69, 9.17) is 16.7 Å². The van der Waals surface area contributed by atoms with E-state index >= 15 is 0 Å². The summed E-state index contributed by atoms with van der Waals surface area (Å²) < 4.78 is 0.862. The minimum absolute atomic E-state index is 0.110. The fourth-order valence-electron chi connectivity index (χ4n) is 1.42. The molecule has 0 saturated heterocycles. The standard InChI is InChI=1S/C11H13ClINO3/c1-6-2-7(13)3-9(11(16)17)10(6)14-5-8(15)4-12/h2-3,8,14-15H,4-5H2,1H3,(H,16,17). The van der Waals surface area contributed by atoms with Crippen molar-refractivity contribution in [2.75, 3.05) is 17.7 Å². The maximum atomic E-state index is 11.1. The smallest absolute Gasteiger partial charge is 0.337 e. The summed E-state index contributed by atoms with van der Waals surface area (Å²) in [6.07, 6.45) is -0.697. The molecule has 1 aromatic rings. The average Bonchev–Trinajstić information content (AvgIpc) is 2.26. The molecule has 1 aromatic carbocycles. The zero-order valence-electron chi connectivity index (χ0n) is 9.20. The largest absolute Gasteiger partial charge is 0.478 e. The highest BCUT2D eigenvalue weighted by molar-refractivity contribution is 14.1. The van der Waals surface area contributed by atoms with E-state index in [2.05, 4.69) is 27.9 Å². The molecule has 0 amide bonds. The predicted molar refractivity (Wildman–Crippen MR) is 76.1 cm³/mol. The predicted octanol–water partition coefficient (Wildman–Crippen LogP) is 2.31. The number of hydrogen-bond acceptors (Lipinski definition) is 3. The van der Waals surface area contributed by atoms with Gasteiger partial charge in [0.1, 0.15) is 0 Å². The molecule has 0 aliphatic rings. The van der Waals surface area contributed by atoms with E-state index in [-0.39, 0.29) is 18.0 Å². The van der Waals surface area contributed by atoms with E-state index in [0.717, 1.165) is 9.13 Å². The number of alkyl halides is 1. The maximum absolute atomic E-state index is 11.1. The maximum Gasteiger partial charge on any atom is 0.337 e. The van der Waals surface area contributed by atoms with Crippen LogP contribution in [0.25, 0.3) is 0 Å². The summed E-state index contributed by atoms with van der Waals surface area (Å²) in [6, 6.07) is 3.47. The summed E-state index contributed by atoms with van der Waals surface area (Å²) in [5.74, 6) is -0.881. The Labute approximate surface area is 118 Å². The number of aliphatic hydroxyl groups is 1. The van der Waals surface area contributed by atoms with Crippen LogP contribution in [0.4, 0.5) is 5.69 Å². The van der Waals surface area contributed by atoms with Crippen molar-refractivity contribution >= 4 is 45.8 Å². The summed E-state index contributed by atoms with van der Waals surface area (Å²) in [5.41, 5.74) is 1.56. The summed E-state index contributed by atoms with van der Waals surface area (Å²) >= 11 is 7.55. The summed E-state index contributed by atoms with van der Waals surface area (Å²) in [5, 5.41) is 21.4. The monoisotopic (exact) mass is 369 g/mol. The third-order valence-corrected chi connectivity index (χ3v) is 3.20. The van der Waals surface area contributed by atoms with Gasteiger partial charge in [0.05, 0.1) is 23.2 Å². The van der Waals surface area contributed by atoms with Gasteiger partial charge in [0, 0.05) is 10.1 Å².